The second kappa shape index (κ2) is 8.05. The Labute approximate surface area is 165 Å². The molecule has 0 bridgehead atoms. The molecule has 2 aromatic carbocycles. The molecule has 1 atom stereocenters. The Bertz CT molecular complexity index is 913. The Morgan fingerprint density at radius 3 is 2.74 bits per heavy atom. The minimum Gasteiger partial charge on any atom is -0.496 e. The van der Waals surface area contributed by atoms with Gasteiger partial charge in [-0.1, -0.05) is 24.3 Å². The molecule has 2 heterocycles. The lowest BCUT2D eigenvalue weighted by molar-refractivity contribution is 0.409. The molecule has 1 aliphatic heterocycles. The molecule has 0 fully saturated rings. The van der Waals surface area contributed by atoms with Crippen LogP contribution in [0.4, 0.5) is 5.69 Å². The first kappa shape index (κ1) is 17.9. The highest BCUT2D eigenvalue weighted by atomic mass is 32.2. The van der Waals surface area contributed by atoms with E-state index >= 15 is 0 Å². The second-order valence-electron chi connectivity index (χ2n) is 6.89. The smallest absolute Gasteiger partial charge is 0.123 e. The molecule has 0 aliphatic carbocycles. The molecule has 0 amide bonds. The zero-order chi connectivity index (χ0) is 18.6. The van der Waals surface area contributed by atoms with E-state index in [9.17, 15) is 0 Å². The van der Waals surface area contributed by atoms with Crippen LogP contribution in [0.25, 0.3) is 0 Å². The zero-order valence-corrected chi connectivity index (χ0v) is 16.6. The van der Waals surface area contributed by atoms with Crippen molar-refractivity contribution in [2.75, 3.05) is 18.6 Å². The van der Waals surface area contributed by atoms with Crippen molar-refractivity contribution < 1.29 is 4.74 Å². The van der Waals surface area contributed by atoms with Gasteiger partial charge in [0.2, 0.25) is 0 Å². The number of rotatable bonds is 4. The normalized spacial score (nSPS) is 16.5. The van der Waals surface area contributed by atoms with Crippen molar-refractivity contribution in [3.63, 3.8) is 0 Å². The average Bonchev–Trinajstić information content (AvgIpc) is 2.88. The fourth-order valence-corrected chi connectivity index (χ4v) is 5.03. The standard InChI is InChI=1S/C23H24N2OS/c1-17-7-8-20-23(15-17)27-22(19-5-3-4-6-21(19)26-2)11-14-25(20)16-18-9-12-24-13-10-18/h3-10,12-13,15,22H,11,14,16H2,1-2H3. The number of thioether (sulfide) groups is 1. The SMILES string of the molecule is COc1ccccc1C1CCN(Cc2ccncc2)c2ccc(C)cc2S1. The van der Waals surface area contributed by atoms with Gasteiger partial charge in [0.25, 0.3) is 0 Å². The summed E-state index contributed by atoms with van der Waals surface area (Å²) in [5.41, 5.74) is 5.19. The number of benzene rings is 2. The van der Waals surface area contributed by atoms with Crippen molar-refractivity contribution in [1.29, 1.82) is 0 Å². The molecule has 1 aromatic heterocycles. The van der Waals surface area contributed by atoms with E-state index in [1.54, 1.807) is 7.11 Å². The third kappa shape index (κ3) is 3.96. The van der Waals surface area contributed by atoms with Gasteiger partial charge in [0, 0.05) is 41.2 Å². The summed E-state index contributed by atoms with van der Waals surface area (Å²) in [6.07, 6.45) is 4.81. The average molecular weight is 377 g/mol. The molecule has 1 unspecified atom stereocenters. The number of aromatic nitrogens is 1. The van der Waals surface area contributed by atoms with Crippen molar-refractivity contribution in [2.45, 2.75) is 30.0 Å². The molecule has 3 nitrogen and oxygen atoms in total. The first-order valence-corrected chi connectivity index (χ1v) is 10.2. The Hall–Kier alpha value is -2.46. The molecule has 0 spiro atoms. The van der Waals surface area contributed by atoms with Gasteiger partial charge in [-0.05, 0) is 54.8 Å². The number of nitrogens with zero attached hydrogens (tertiary/aromatic N) is 2. The topological polar surface area (TPSA) is 25.4 Å². The molecule has 4 heteroatoms. The van der Waals surface area contributed by atoms with Gasteiger partial charge in [-0.15, -0.1) is 11.8 Å². The lowest BCUT2D eigenvalue weighted by atomic mass is 10.1. The fourth-order valence-electron chi connectivity index (χ4n) is 3.61. The van der Waals surface area contributed by atoms with E-state index in [1.807, 2.05) is 30.2 Å². The van der Waals surface area contributed by atoms with Crippen molar-refractivity contribution in [1.82, 2.24) is 4.98 Å². The number of hydrogen-bond donors (Lipinski definition) is 0. The first-order chi connectivity index (χ1) is 13.2. The predicted molar refractivity (Wildman–Crippen MR) is 113 cm³/mol. The lowest BCUT2D eigenvalue weighted by Gasteiger charge is -2.25. The quantitative estimate of drug-likeness (QED) is 0.588. The monoisotopic (exact) mass is 376 g/mol. The molecule has 0 saturated heterocycles. The number of hydrogen-bond acceptors (Lipinski definition) is 4. The summed E-state index contributed by atoms with van der Waals surface area (Å²) in [5.74, 6) is 0.979. The number of fused-ring (bicyclic) bond motifs is 1. The summed E-state index contributed by atoms with van der Waals surface area (Å²) >= 11 is 1.95. The summed E-state index contributed by atoms with van der Waals surface area (Å²) in [7, 11) is 1.76. The van der Waals surface area contributed by atoms with Gasteiger partial charge in [0.05, 0.1) is 12.8 Å². The molecule has 0 N–H and O–H groups in total. The number of anilines is 1. The molecule has 1 aliphatic rings. The van der Waals surface area contributed by atoms with E-state index < -0.39 is 0 Å². The van der Waals surface area contributed by atoms with Crippen LogP contribution in [0.5, 0.6) is 5.75 Å². The number of para-hydroxylation sites is 1. The molecule has 27 heavy (non-hydrogen) atoms. The number of pyridine rings is 1. The largest absolute Gasteiger partial charge is 0.496 e. The van der Waals surface area contributed by atoms with Crippen LogP contribution >= 0.6 is 11.8 Å². The van der Waals surface area contributed by atoms with E-state index in [2.05, 4.69) is 65.3 Å². The predicted octanol–water partition coefficient (Wildman–Crippen LogP) is 5.64. The van der Waals surface area contributed by atoms with E-state index in [4.69, 9.17) is 4.74 Å². The lowest BCUT2D eigenvalue weighted by Crippen LogP contribution is -2.24. The van der Waals surface area contributed by atoms with E-state index in [0.29, 0.717) is 5.25 Å². The Balaban J connectivity index is 1.69. The van der Waals surface area contributed by atoms with Crippen LogP contribution < -0.4 is 9.64 Å². The molecule has 138 valence electrons. The van der Waals surface area contributed by atoms with Crippen LogP contribution in [0.15, 0.2) is 71.9 Å². The van der Waals surface area contributed by atoms with Crippen molar-refractivity contribution in [3.05, 3.63) is 83.7 Å². The maximum absolute atomic E-state index is 5.64. The van der Waals surface area contributed by atoms with Crippen molar-refractivity contribution in [2.24, 2.45) is 0 Å². The van der Waals surface area contributed by atoms with E-state index in [0.717, 1.165) is 25.3 Å². The van der Waals surface area contributed by atoms with Crippen LogP contribution in [0, 0.1) is 6.92 Å². The molecule has 0 radical (unpaired) electrons. The highest BCUT2D eigenvalue weighted by Gasteiger charge is 2.25. The molecule has 3 aromatic rings. The fraction of sp³-hybridized carbons (Fsp3) is 0.261. The van der Waals surface area contributed by atoms with Crippen LogP contribution in [-0.2, 0) is 6.54 Å². The highest BCUT2D eigenvalue weighted by molar-refractivity contribution is 7.99. The molecule has 4 rings (SSSR count). The molecular weight excluding hydrogens is 352 g/mol. The summed E-state index contributed by atoms with van der Waals surface area (Å²) < 4.78 is 5.64. The summed E-state index contributed by atoms with van der Waals surface area (Å²) in [4.78, 5) is 7.98. The van der Waals surface area contributed by atoms with Crippen molar-refractivity contribution in [3.8, 4) is 5.75 Å². The Kier molecular flexibility index (Phi) is 5.35. The summed E-state index contributed by atoms with van der Waals surface area (Å²) in [5, 5.41) is 0.379. The van der Waals surface area contributed by atoms with Gasteiger partial charge < -0.3 is 9.64 Å². The van der Waals surface area contributed by atoms with Gasteiger partial charge in [-0.3, -0.25) is 4.98 Å². The second-order valence-corrected chi connectivity index (χ2v) is 8.13. The van der Waals surface area contributed by atoms with Crippen LogP contribution in [0.1, 0.15) is 28.4 Å². The zero-order valence-electron chi connectivity index (χ0n) is 15.8. The number of methoxy groups -OCH3 is 1. The van der Waals surface area contributed by atoms with Crippen LogP contribution in [0.3, 0.4) is 0 Å². The highest BCUT2D eigenvalue weighted by Crippen LogP contribution is 2.47. The number of ether oxygens (including phenoxy) is 1. The van der Waals surface area contributed by atoms with Gasteiger partial charge in [-0.25, -0.2) is 0 Å². The minimum absolute atomic E-state index is 0.379. The Morgan fingerprint density at radius 1 is 1.11 bits per heavy atom. The van der Waals surface area contributed by atoms with Crippen molar-refractivity contribution >= 4 is 17.4 Å². The minimum atomic E-state index is 0.379. The maximum Gasteiger partial charge on any atom is 0.123 e. The Morgan fingerprint density at radius 2 is 1.93 bits per heavy atom. The van der Waals surface area contributed by atoms with Gasteiger partial charge in [0.1, 0.15) is 5.75 Å². The van der Waals surface area contributed by atoms with E-state index in [1.165, 1.54) is 27.3 Å². The van der Waals surface area contributed by atoms with Gasteiger partial charge in [0.15, 0.2) is 0 Å². The maximum atomic E-state index is 5.64. The van der Waals surface area contributed by atoms with Crippen LogP contribution in [-0.4, -0.2) is 18.6 Å². The summed E-state index contributed by atoms with van der Waals surface area (Å²) in [6.45, 7) is 4.07. The number of aryl methyl sites for hydroxylation is 1. The van der Waals surface area contributed by atoms with Gasteiger partial charge in [-0.2, -0.15) is 0 Å². The summed E-state index contributed by atoms with van der Waals surface area (Å²) in [6, 6.07) is 19.4. The molecule has 0 saturated carbocycles. The first-order valence-electron chi connectivity index (χ1n) is 9.28. The molecular formula is C23H24N2OS. The third-order valence-corrected chi connectivity index (χ3v) is 6.35. The van der Waals surface area contributed by atoms with Gasteiger partial charge >= 0.3 is 0 Å². The van der Waals surface area contributed by atoms with Crippen LogP contribution in [0.2, 0.25) is 0 Å². The van der Waals surface area contributed by atoms with E-state index in [-0.39, 0.29) is 0 Å². The third-order valence-electron chi connectivity index (χ3n) is 5.00.